The molecule has 1 aliphatic carbocycles. The molecule has 0 unspecified atom stereocenters. The summed E-state index contributed by atoms with van der Waals surface area (Å²) in [4.78, 5) is 35.9. The molecule has 29 heavy (non-hydrogen) atoms. The van der Waals surface area contributed by atoms with Gasteiger partial charge in [-0.1, -0.05) is 30.3 Å². The summed E-state index contributed by atoms with van der Waals surface area (Å²) >= 11 is 0. The maximum Gasteiger partial charge on any atom is 0.317 e. The lowest BCUT2D eigenvalue weighted by molar-refractivity contribution is -0.151. The fourth-order valence-electron chi connectivity index (χ4n) is 2.81. The molecular formula is C20H17F3N2O4. The number of ether oxygens (including phenoxy) is 1. The minimum Gasteiger partial charge on any atom is -0.455 e. The molecule has 0 aliphatic heterocycles. The molecule has 9 heteroatoms. The zero-order valence-corrected chi connectivity index (χ0v) is 15.1. The van der Waals surface area contributed by atoms with Gasteiger partial charge in [-0.15, -0.1) is 0 Å². The van der Waals surface area contributed by atoms with E-state index in [1.54, 1.807) is 0 Å². The summed E-state index contributed by atoms with van der Waals surface area (Å²) in [7, 11) is 0. The van der Waals surface area contributed by atoms with Gasteiger partial charge in [0.05, 0.1) is 17.6 Å². The molecule has 0 radical (unpaired) electrons. The number of halogens is 3. The molecule has 6 nitrogen and oxygen atoms in total. The summed E-state index contributed by atoms with van der Waals surface area (Å²) in [6.07, 6.45) is 1.25. The van der Waals surface area contributed by atoms with Gasteiger partial charge in [-0.2, -0.15) is 0 Å². The lowest BCUT2D eigenvalue weighted by atomic mass is 9.96. The van der Waals surface area contributed by atoms with Crippen LogP contribution >= 0.6 is 0 Å². The quantitative estimate of drug-likeness (QED) is 0.547. The van der Waals surface area contributed by atoms with Crippen LogP contribution in [0, 0.1) is 17.5 Å². The predicted octanol–water partition coefficient (Wildman–Crippen LogP) is 2.43. The topological polar surface area (TPSA) is 84.5 Å². The molecule has 2 aromatic rings. The number of benzene rings is 2. The first kappa shape index (κ1) is 20.4. The molecular weight excluding hydrogens is 389 g/mol. The van der Waals surface area contributed by atoms with Crippen molar-refractivity contribution in [1.29, 1.82) is 0 Å². The minimum absolute atomic E-state index is 0.521. The van der Waals surface area contributed by atoms with Gasteiger partial charge in [0.2, 0.25) is 5.91 Å². The van der Waals surface area contributed by atoms with Crippen molar-refractivity contribution < 1.29 is 32.3 Å². The number of esters is 1. The zero-order chi connectivity index (χ0) is 21.0. The Morgan fingerprint density at radius 1 is 0.931 bits per heavy atom. The Balaban J connectivity index is 1.45. The van der Waals surface area contributed by atoms with Crippen LogP contribution in [0.2, 0.25) is 0 Å². The fraction of sp³-hybridized carbons (Fsp3) is 0.250. The van der Waals surface area contributed by atoms with E-state index >= 15 is 0 Å². The van der Waals surface area contributed by atoms with Crippen molar-refractivity contribution in [2.45, 2.75) is 18.3 Å². The fourth-order valence-corrected chi connectivity index (χ4v) is 2.81. The SMILES string of the molecule is O=C(COC(=O)C1(c2ccccc2)CC1)NCC(=O)Nc1ccc(F)c(F)c1F. The van der Waals surface area contributed by atoms with Crippen molar-refractivity contribution in [3.05, 3.63) is 65.5 Å². The van der Waals surface area contributed by atoms with Gasteiger partial charge >= 0.3 is 5.97 Å². The molecule has 2 amide bonds. The predicted molar refractivity (Wildman–Crippen MR) is 96.3 cm³/mol. The van der Waals surface area contributed by atoms with Crippen LogP contribution in [0.4, 0.5) is 18.9 Å². The van der Waals surface area contributed by atoms with Gasteiger partial charge in [0.25, 0.3) is 5.91 Å². The zero-order valence-electron chi connectivity index (χ0n) is 15.1. The Labute approximate surface area is 164 Å². The van der Waals surface area contributed by atoms with E-state index in [-0.39, 0.29) is 0 Å². The Morgan fingerprint density at radius 2 is 1.62 bits per heavy atom. The van der Waals surface area contributed by atoms with Crippen LogP contribution in [0.25, 0.3) is 0 Å². The first-order valence-electron chi connectivity index (χ1n) is 8.76. The lowest BCUT2D eigenvalue weighted by Gasteiger charge is -2.14. The number of nitrogens with one attached hydrogen (secondary N) is 2. The molecule has 0 atom stereocenters. The Bertz CT molecular complexity index is 946. The summed E-state index contributed by atoms with van der Waals surface area (Å²) < 4.78 is 44.6. The summed E-state index contributed by atoms with van der Waals surface area (Å²) in [5.41, 5.74) is -0.477. The molecule has 0 heterocycles. The molecule has 1 aliphatic rings. The average Bonchev–Trinajstić information content (AvgIpc) is 3.54. The van der Waals surface area contributed by atoms with Gasteiger partial charge in [-0.25, -0.2) is 13.2 Å². The minimum atomic E-state index is -1.72. The van der Waals surface area contributed by atoms with Crippen molar-refractivity contribution in [2.75, 3.05) is 18.5 Å². The highest BCUT2D eigenvalue weighted by Gasteiger charge is 2.52. The highest BCUT2D eigenvalue weighted by molar-refractivity contribution is 5.95. The number of anilines is 1. The molecule has 2 N–H and O–H groups in total. The summed E-state index contributed by atoms with van der Waals surface area (Å²) in [5, 5.41) is 4.21. The first-order valence-corrected chi connectivity index (χ1v) is 8.76. The summed E-state index contributed by atoms with van der Waals surface area (Å²) in [5.74, 6) is -6.77. The number of hydrogen-bond donors (Lipinski definition) is 2. The van der Waals surface area contributed by atoms with Gasteiger partial charge in [0.1, 0.15) is 0 Å². The van der Waals surface area contributed by atoms with Crippen LogP contribution in [0.5, 0.6) is 0 Å². The molecule has 1 fully saturated rings. The van der Waals surface area contributed by atoms with Crippen molar-refractivity contribution in [2.24, 2.45) is 0 Å². The number of carbonyl (C=O) groups is 3. The van der Waals surface area contributed by atoms with Crippen LogP contribution in [0.15, 0.2) is 42.5 Å². The standard InChI is InChI=1S/C20H17F3N2O4/c21-13-6-7-14(18(23)17(13)22)25-15(26)10-24-16(27)11-29-19(28)20(8-9-20)12-4-2-1-3-5-12/h1-7H,8-11H2,(H,24,27)(H,25,26). The van der Waals surface area contributed by atoms with Crippen LogP contribution in [-0.2, 0) is 24.5 Å². The monoisotopic (exact) mass is 406 g/mol. The van der Waals surface area contributed by atoms with Crippen molar-refractivity contribution in [3.63, 3.8) is 0 Å². The second-order valence-electron chi connectivity index (χ2n) is 6.57. The van der Waals surface area contributed by atoms with E-state index in [1.807, 2.05) is 35.6 Å². The van der Waals surface area contributed by atoms with E-state index in [4.69, 9.17) is 4.74 Å². The maximum atomic E-state index is 13.5. The highest BCUT2D eigenvalue weighted by Crippen LogP contribution is 2.49. The highest BCUT2D eigenvalue weighted by atomic mass is 19.2. The molecule has 152 valence electrons. The molecule has 0 saturated heterocycles. The molecule has 0 aromatic heterocycles. The van der Waals surface area contributed by atoms with E-state index < -0.39 is 59.5 Å². The van der Waals surface area contributed by atoms with Crippen LogP contribution in [0.1, 0.15) is 18.4 Å². The number of carbonyl (C=O) groups excluding carboxylic acids is 3. The van der Waals surface area contributed by atoms with Crippen LogP contribution in [0.3, 0.4) is 0 Å². The summed E-state index contributed by atoms with van der Waals surface area (Å²) in [6, 6.07) is 10.6. The Morgan fingerprint density at radius 3 is 2.28 bits per heavy atom. The molecule has 3 rings (SSSR count). The van der Waals surface area contributed by atoms with E-state index in [1.165, 1.54) is 0 Å². The summed E-state index contributed by atoms with van der Waals surface area (Å²) in [6.45, 7) is -1.15. The second-order valence-corrected chi connectivity index (χ2v) is 6.57. The molecule has 2 aromatic carbocycles. The van der Waals surface area contributed by atoms with E-state index in [2.05, 4.69) is 5.32 Å². The smallest absolute Gasteiger partial charge is 0.317 e. The molecule has 0 spiro atoms. The lowest BCUT2D eigenvalue weighted by Crippen LogP contribution is -2.36. The van der Waals surface area contributed by atoms with Crippen LogP contribution < -0.4 is 10.6 Å². The third kappa shape index (κ3) is 4.56. The van der Waals surface area contributed by atoms with E-state index in [0.717, 1.165) is 11.6 Å². The van der Waals surface area contributed by atoms with Gasteiger partial charge in [-0.3, -0.25) is 14.4 Å². The van der Waals surface area contributed by atoms with Crippen LogP contribution in [-0.4, -0.2) is 30.9 Å². The van der Waals surface area contributed by atoms with Gasteiger partial charge in [0.15, 0.2) is 24.1 Å². The molecule has 1 saturated carbocycles. The Hall–Kier alpha value is -3.36. The van der Waals surface area contributed by atoms with Gasteiger partial charge < -0.3 is 15.4 Å². The normalized spacial score (nSPS) is 14.0. The largest absolute Gasteiger partial charge is 0.455 e. The number of hydrogen-bond acceptors (Lipinski definition) is 4. The average molecular weight is 406 g/mol. The Kier molecular flexibility index (Phi) is 5.86. The molecule has 0 bridgehead atoms. The maximum absolute atomic E-state index is 13.5. The second kappa shape index (κ2) is 8.34. The third-order valence-electron chi connectivity index (χ3n) is 4.56. The van der Waals surface area contributed by atoms with Crippen molar-refractivity contribution in [1.82, 2.24) is 5.32 Å². The van der Waals surface area contributed by atoms with Crippen molar-refractivity contribution >= 4 is 23.5 Å². The number of rotatable bonds is 7. The number of amides is 2. The van der Waals surface area contributed by atoms with E-state index in [0.29, 0.717) is 18.9 Å². The van der Waals surface area contributed by atoms with Gasteiger partial charge in [-0.05, 0) is 30.5 Å². The van der Waals surface area contributed by atoms with E-state index in [9.17, 15) is 27.6 Å². The first-order chi connectivity index (χ1) is 13.8. The van der Waals surface area contributed by atoms with Crippen molar-refractivity contribution in [3.8, 4) is 0 Å². The van der Waals surface area contributed by atoms with Gasteiger partial charge in [0, 0.05) is 0 Å². The third-order valence-corrected chi connectivity index (χ3v) is 4.56.